The Labute approximate surface area is 169 Å². The molecule has 0 aliphatic heterocycles. The Balaban J connectivity index is 1.77. The Bertz CT molecular complexity index is 1040. The van der Waals surface area contributed by atoms with Crippen molar-refractivity contribution in [3.8, 4) is 34.8 Å². The quantitative estimate of drug-likeness (QED) is 0.370. The maximum Gasteiger partial charge on any atom is 0.347 e. The van der Waals surface area contributed by atoms with Gasteiger partial charge in [-0.1, -0.05) is 30.0 Å². The number of carbonyl (C=O) groups is 1. The van der Waals surface area contributed by atoms with Gasteiger partial charge < -0.3 is 18.9 Å². The van der Waals surface area contributed by atoms with E-state index in [2.05, 4.69) is 11.8 Å². The van der Waals surface area contributed by atoms with Gasteiger partial charge in [0.25, 0.3) is 0 Å². The second kappa shape index (κ2) is 9.34. The van der Waals surface area contributed by atoms with Crippen LogP contribution in [0.2, 0.25) is 0 Å². The van der Waals surface area contributed by atoms with Crippen molar-refractivity contribution in [3.63, 3.8) is 0 Å². The van der Waals surface area contributed by atoms with Crippen LogP contribution in [0.25, 0.3) is 0 Å². The molecule has 5 nitrogen and oxygen atoms in total. The number of carbonyl (C=O) groups excluding carboxylic acids is 1. The van der Waals surface area contributed by atoms with Crippen molar-refractivity contribution in [2.45, 2.75) is 0 Å². The van der Waals surface area contributed by atoms with Gasteiger partial charge in [-0.05, 0) is 36.4 Å². The number of ether oxygens (including phenoxy) is 4. The van der Waals surface area contributed by atoms with Crippen molar-refractivity contribution >= 4 is 5.97 Å². The Kier molecular flexibility index (Phi) is 6.39. The van der Waals surface area contributed by atoms with Gasteiger partial charge in [0.15, 0.2) is 11.5 Å². The molecule has 0 unspecified atom stereocenters. The van der Waals surface area contributed by atoms with Crippen LogP contribution in [0.4, 0.5) is 0 Å². The highest BCUT2D eigenvalue weighted by atomic mass is 16.5. The van der Waals surface area contributed by atoms with Crippen LogP contribution in [0.3, 0.4) is 0 Å². The number of hydrogen-bond donors (Lipinski definition) is 0. The molecule has 0 aliphatic carbocycles. The molecule has 0 spiro atoms. The minimum atomic E-state index is -0.564. The Morgan fingerprint density at radius 1 is 0.690 bits per heavy atom. The van der Waals surface area contributed by atoms with Crippen LogP contribution in [-0.2, 0) is 0 Å². The summed E-state index contributed by atoms with van der Waals surface area (Å²) in [6.07, 6.45) is 0. The van der Waals surface area contributed by atoms with E-state index in [1.165, 1.54) is 27.4 Å². The molecule has 3 aromatic rings. The highest BCUT2D eigenvalue weighted by Gasteiger charge is 2.19. The molecule has 0 saturated heterocycles. The first-order valence-electron chi connectivity index (χ1n) is 8.84. The summed E-state index contributed by atoms with van der Waals surface area (Å²) in [6, 6.07) is 19.8. The summed E-state index contributed by atoms with van der Waals surface area (Å²) in [7, 11) is 4.48. The minimum Gasteiger partial charge on any atom is -0.496 e. The van der Waals surface area contributed by atoms with Crippen LogP contribution in [0.5, 0.6) is 23.0 Å². The van der Waals surface area contributed by atoms with Gasteiger partial charge in [-0.25, -0.2) is 4.79 Å². The summed E-state index contributed by atoms with van der Waals surface area (Å²) in [5.74, 6) is 7.20. The lowest BCUT2D eigenvalue weighted by Gasteiger charge is -2.13. The van der Waals surface area contributed by atoms with Crippen molar-refractivity contribution in [3.05, 3.63) is 83.4 Å². The first-order chi connectivity index (χ1) is 14.1. The first kappa shape index (κ1) is 19.8. The zero-order valence-electron chi connectivity index (χ0n) is 16.4. The fourth-order valence-electron chi connectivity index (χ4n) is 2.62. The average Bonchev–Trinajstić information content (AvgIpc) is 2.78. The molecule has 5 heteroatoms. The van der Waals surface area contributed by atoms with Crippen LogP contribution < -0.4 is 18.9 Å². The summed E-state index contributed by atoms with van der Waals surface area (Å²) < 4.78 is 21.2. The van der Waals surface area contributed by atoms with E-state index in [-0.39, 0.29) is 5.56 Å². The van der Waals surface area contributed by atoms with E-state index in [0.717, 1.165) is 11.1 Å². The Morgan fingerprint density at radius 2 is 1.24 bits per heavy atom. The molecule has 29 heavy (non-hydrogen) atoms. The zero-order valence-corrected chi connectivity index (χ0v) is 16.4. The number of hydrogen-bond acceptors (Lipinski definition) is 5. The van der Waals surface area contributed by atoms with Gasteiger partial charge in [-0.2, -0.15) is 0 Å². The molecule has 0 saturated carbocycles. The first-order valence-corrected chi connectivity index (χ1v) is 8.84. The molecule has 3 rings (SSSR count). The van der Waals surface area contributed by atoms with Crippen LogP contribution in [0, 0.1) is 11.8 Å². The van der Waals surface area contributed by atoms with E-state index in [0.29, 0.717) is 23.0 Å². The van der Waals surface area contributed by atoms with E-state index < -0.39 is 5.97 Å². The molecule has 0 fully saturated rings. The van der Waals surface area contributed by atoms with E-state index >= 15 is 0 Å². The maximum absolute atomic E-state index is 12.6. The van der Waals surface area contributed by atoms with Crippen LogP contribution in [0.15, 0.2) is 66.7 Å². The summed E-state index contributed by atoms with van der Waals surface area (Å²) >= 11 is 0. The number of benzene rings is 3. The van der Waals surface area contributed by atoms with Crippen molar-refractivity contribution in [2.24, 2.45) is 0 Å². The molecule has 0 bridgehead atoms. The van der Waals surface area contributed by atoms with Crippen LogP contribution in [-0.4, -0.2) is 27.3 Å². The molecule has 0 atom stereocenters. The van der Waals surface area contributed by atoms with Gasteiger partial charge in [-0.3, -0.25) is 0 Å². The number of methoxy groups -OCH3 is 3. The van der Waals surface area contributed by atoms with Gasteiger partial charge in [0, 0.05) is 23.3 Å². The lowest BCUT2D eigenvalue weighted by Crippen LogP contribution is -2.11. The molecule has 0 aromatic heterocycles. The molecule has 3 aromatic carbocycles. The highest BCUT2D eigenvalue weighted by Crippen LogP contribution is 2.35. The van der Waals surface area contributed by atoms with Gasteiger partial charge in [0.2, 0.25) is 0 Å². The molecule has 0 amide bonds. The average molecular weight is 388 g/mol. The third-order valence-corrected chi connectivity index (χ3v) is 4.12. The molecule has 0 aliphatic rings. The van der Waals surface area contributed by atoms with E-state index in [9.17, 15) is 4.79 Å². The summed E-state index contributed by atoms with van der Waals surface area (Å²) in [5, 5.41) is 0. The van der Waals surface area contributed by atoms with Crippen LogP contribution in [0.1, 0.15) is 21.5 Å². The molecule has 0 radical (unpaired) electrons. The Morgan fingerprint density at radius 3 is 1.83 bits per heavy atom. The molecular formula is C24H20O5. The van der Waals surface area contributed by atoms with Crippen LogP contribution >= 0.6 is 0 Å². The van der Waals surface area contributed by atoms with Crippen molar-refractivity contribution in [2.75, 3.05) is 21.3 Å². The minimum absolute atomic E-state index is 0.234. The molecular weight excluding hydrogens is 368 g/mol. The molecule has 146 valence electrons. The van der Waals surface area contributed by atoms with E-state index in [4.69, 9.17) is 18.9 Å². The van der Waals surface area contributed by atoms with Crippen molar-refractivity contribution < 1.29 is 23.7 Å². The SMILES string of the molecule is COc1cc(OC)c(C(=O)Oc2ccc(C#Cc3ccccc3)cc2)cc1OC. The maximum atomic E-state index is 12.6. The highest BCUT2D eigenvalue weighted by molar-refractivity contribution is 5.95. The monoisotopic (exact) mass is 388 g/mol. The van der Waals surface area contributed by atoms with Crippen molar-refractivity contribution in [1.29, 1.82) is 0 Å². The van der Waals surface area contributed by atoms with E-state index in [1.807, 2.05) is 30.3 Å². The van der Waals surface area contributed by atoms with Gasteiger partial charge in [0.05, 0.1) is 21.3 Å². The predicted molar refractivity (Wildman–Crippen MR) is 110 cm³/mol. The number of esters is 1. The summed E-state index contributed by atoms with van der Waals surface area (Å²) in [4.78, 5) is 12.6. The smallest absolute Gasteiger partial charge is 0.347 e. The lowest BCUT2D eigenvalue weighted by molar-refractivity contribution is 0.0730. The van der Waals surface area contributed by atoms with Gasteiger partial charge >= 0.3 is 5.97 Å². The van der Waals surface area contributed by atoms with Gasteiger partial charge in [0.1, 0.15) is 17.1 Å². The standard InChI is InChI=1S/C24H20O5/c1-26-21-16-23(28-3)22(27-2)15-20(21)24(25)29-19-13-11-18(12-14-19)10-9-17-7-5-4-6-8-17/h4-8,11-16H,1-3H3. The fourth-order valence-corrected chi connectivity index (χ4v) is 2.62. The van der Waals surface area contributed by atoms with E-state index in [1.54, 1.807) is 30.3 Å². The number of rotatable bonds is 5. The second-order valence-corrected chi connectivity index (χ2v) is 5.94. The normalized spacial score (nSPS) is 9.76. The fraction of sp³-hybridized carbons (Fsp3) is 0.125. The third-order valence-electron chi connectivity index (χ3n) is 4.12. The lowest BCUT2D eigenvalue weighted by atomic mass is 10.1. The van der Waals surface area contributed by atoms with Gasteiger partial charge in [-0.15, -0.1) is 0 Å². The topological polar surface area (TPSA) is 54.0 Å². The third kappa shape index (κ3) is 4.88. The molecule has 0 heterocycles. The second-order valence-electron chi connectivity index (χ2n) is 5.94. The Hall–Kier alpha value is -3.91. The largest absolute Gasteiger partial charge is 0.496 e. The molecule has 0 N–H and O–H groups in total. The summed E-state index contributed by atoms with van der Waals surface area (Å²) in [5.41, 5.74) is 1.99. The van der Waals surface area contributed by atoms with Crippen molar-refractivity contribution in [1.82, 2.24) is 0 Å². The zero-order chi connectivity index (χ0) is 20.6. The predicted octanol–water partition coefficient (Wildman–Crippen LogP) is 4.33. The summed E-state index contributed by atoms with van der Waals surface area (Å²) in [6.45, 7) is 0.